The molecule has 1 nitrogen and oxygen atoms in total. The summed E-state index contributed by atoms with van der Waals surface area (Å²) in [5, 5.41) is 3.08. The van der Waals surface area contributed by atoms with Gasteiger partial charge in [0.2, 0.25) is 0 Å². The van der Waals surface area contributed by atoms with Crippen molar-refractivity contribution in [1.82, 2.24) is 0 Å². The zero-order valence-electron chi connectivity index (χ0n) is 6.72. The number of anilines is 1. The number of hydrogen-bond acceptors (Lipinski definition) is 1. The van der Waals surface area contributed by atoms with Crippen LogP contribution in [0.2, 0.25) is 0 Å². The van der Waals surface area contributed by atoms with Gasteiger partial charge in [-0.3, -0.25) is 0 Å². The van der Waals surface area contributed by atoms with Gasteiger partial charge in [-0.15, -0.1) is 0 Å². The third-order valence-corrected chi connectivity index (χ3v) is 1.44. The molecule has 0 atom stereocenters. The Hall–Kier alpha value is -0.890. The Labute approximate surface area is 72.4 Å². The molecule has 11 heavy (non-hydrogen) atoms. The van der Waals surface area contributed by atoms with Crippen LogP contribution in [0.4, 0.5) is 5.69 Å². The Balaban J connectivity index is 2.79. The summed E-state index contributed by atoms with van der Waals surface area (Å²) in [7, 11) is 0. The molecule has 2 heteroatoms. The summed E-state index contributed by atoms with van der Waals surface area (Å²) in [5.41, 5.74) is 2.31. The van der Waals surface area contributed by atoms with E-state index >= 15 is 0 Å². The first-order valence-electron chi connectivity index (χ1n) is 3.53. The monoisotopic (exact) mass is 165 g/mol. The Kier molecular flexibility index (Phi) is 2.60. The maximum Gasteiger partial charge on any atom is 0.0765 e. The summed E-state index contributed by atoms with van der Waals surface area (Å²) in [5.74, 6) is 0. The minimum atomic E-state index is 0.801. The van der Waals surface area contributed by atoms with E-state index in [1.54, 1.807) is 0 Å². The van der Waals surface area contributed by atoms with E-state index in [9.17, 15) is 0 Å². The van der Waals surface area contributed by atoms with E-state index in [4.69, 9.17) is 12.2 Å². The van der Waals surface area contributed by atoms with E-state index < -0.39 is 0 Å². The molecule has 0 bridgehead atoms. The fourth-order valence-electron chi connectivity index (χ4n) is 0.926. The van der Waals surface area contributed by atoms with Gasteiger partial charge in [0.25, 0.3) is 0 Å². The van der Waals surface area contributed by atoms with Crippen molar-refractivity contribution < 1.29 is 0 Å². The topological polar surface area (TPSA) is 12.0 Å². The quantitative estimate of drug-likeness (QED) is 0.642. The second-order valence-corrected chi connectivity index (χ2v) is 3.16. The Morgan fingerprint density at radius 1 is 1.45 bits per heavy atom. The van der Waals surface area contributed by atoms with Gasteiger partial charge in [0, 0.05) is 5.69 Å². The van der Waals surface area contributed by atoms with Crippen molar-refractivity contribution in [2.45, 2.75) is 13.8 Å². The van der Waals surface area contributed by atoms with Gasteiger partial charge in [0.05, 0.1) is 4.99 Å². The van der Waals surface area contributed by atoms with Gasteiger partial charge in [-0.2, -0.15) is 0 Å². The summed E-state index contributed by atoms with van der Waals surface area (Å²) in [4.78, 5) is 0.801. The van der Waals surface area contributed by atoms with Gasteiger partial charge in [-0.1, -0.05) is 24.4 Å². The number of thiocarbonyl (C=S) groups is 1. The van der Waals surface area contributed by atoms with Gasteiger partial charge in [0.15, 0.2) is 0 Å². The molecule has 0 aromatic heterocycles. The Morgan fingerprint density at radius 3 is 2.73 bits per heavy atom. The normalized spacial score (nSPS) is 9.27. The van der Waals surface area contributed by atoms with Crippen LogP contribution in [-0.2, 0) is 0 Å². The van der Waals surface area contributed by atoms with Crippen molar-refractivity contribution >= 4 is 22.9 Å². The smallest absolute Gasteiger partial charge is 0.0765 e. The predicted molar refractivity (Wildman–Crippen MR) is 53.1 cm³/mol. The highest BCUT2D eigenvalue weighted by Crippen LogP contribution is 2.08. The number of benzene rings is 1. The van der Waals surface area contributed by atoms with Crippen LogP contribution >= 0.6 is 12.2 Å². The second-order valence-electron chi connectivity index (χ2n) is 2.55. The van der Waals surface area contributed by atoms with Crippen LogP contribution < -0.4 is 5.32 Å². The average Bonchev–Trinajstić information content (AvgIpc) is 1.85. The highest BCUT2D eigenvalue weighted by Gasteiger charge is 1.90. The maximum absolute atomic E-state index is 4.91. The summed E-state index contributed by atoms with van der Waals surface area (Å²) >= 11 is 4.91. The number of nitrogens with one attached hydrogen (secondary N) is 1. The van der Waals surface area contributed by atoms with E-state index in [1.165, 1.54) is 5.56 Å². The second kappa shape index (κ2) is 3.49. The molecule has 0 radical (unpaired) electrons. The van der Waals surface area contributed by atoms with E-state index in [1.807, 2.05) is 19.1 Å². The molecule has 0 amide bonds. The number of aryl methyl sites for hydroxylation is 1. The molecule has 58 valence electrons. The van der Waals surface area contributed by atoms with Crippen LogP contribution in [-0.4, -0.2) is 4.99 Å². The van der Waals surface area contributed by atoms with Crippen molar-refractivity contribution in [2.24, 2.45) is 0 Å². The molecule has 0 saturated carbocycles. The number of hydrogen-bond donors (Lipinski definition) is 1. The van der Waals surface area contributed by atoms with Gasteiger partial charge < -0.3 is 5.32 Å². The van der Waals surface area contributed by atoms with Crippen LogP contribution in [0.15, 0.2) is 24.3 Å². The standard InChI is InChI=1S/C9H11NS/c1-7-4-3-5-9(6-7)10-8(2)11/h3-6H,1-2H3,(H,10,11). The van der Waals surface area contributed by atoms with Crippen molar-refractivity contribution in [2.75, 3.05) is 5.32 Å². The van der Waals surface area contributed by atoms with Crippen LogP contribution in [0.3, 0.4) is 0 Å². The first kappa shape index (κ1) is 8.21. The Bertz CT molecular complexity index is 268. The molecule has 1 aromatic rings. The van der Waals surface area contributed by atoms with Crippen LogP contribution in [0, 0.1) is 6.92 Å². The molecule has 0 saturated heterocycles. The lowest BCUT2D eigenvalue weighted by Gasteiger charge is -2.03. The number of rotatable bonds is 1. The first-order valence-corrected chi connectivity index (χ1v) is 3.93. The van der Waals surface area contributed by atoms with Gasteiger partial charge in [-0.05, 0) is 31.5 Å². The third kappa shape index (κ3) is 2.68. The van der Waals surface area contributed by atoms with Gasteiger partial charge >= 0.3 is 0 Å². The lowest BCUT2D eigenvalue weighted by Crippen LogP contribution is -2.02. The summed E-state index contributed by atoms with van der Waals surface area (Å²) in [6.45, 7) is 3.93. The van der Waals surface area contributed by atoms with Gasteiger partial charge in [-0.25, -0.2) is 0 Å². The zero-order valence-corrected chi connectivity index (χ0v) is 7.53. The molecular weight excluding hydrogens is 154 g/mol. The molecule has 0 spiro atoms. The fourth-order valence-corrected chi connectivity index (χ4v) is 1.04. The SMILES string of the molecule is CC(=S)Nc1cccc(C)c1. The molecule has 1 rings (SSSR count). The molecule has 1 N–H and O–H groups in total. The van der Waals surface area contributed by atoms with E-state index in [2.05, 4.69) is 24.4 Å². The minimum Gasteiger partial charge on any atom is -0.350 e. The lowest BCUT2D eigenvalue weighted by molar-refractivity contribution is 1.47. The van der Waals surface area contributed by atoms with Crippen molar-refractivity contribution in [3.8, 4) is 0 Å². The van der Waals surface area contributed by atoms with E-state index in [0.29, 0.717) is 0 Å². The molecule has 0 aliphatic rings. The highest BCUT2D eigenvalue weighted by atomic mass is 32.1. The highest BCUT2D eigenvalue weighted by molar-refractivity contribution is 7.80. The third-order valence-electron chi connectivity index (χ3n) is 1.34. The van der Waals surface area contributed by atoms with Crippen molar-refractivity contribution in [1.29, 1.82) is 0 Å². The van der Waals surface area contributed by atoms with Crippen LogP contribution in [0.25, 0.3) is 0 Å². The molecule has 0 fully saturated rings. The molecule has 0 unspecified atom stereocenters. The van der Waals surface area contributed by atoms with E-state index in [-0.39, 0.29) is 0 Å². The summed E-state index contributed by atoms with van der Waals surface area (Å²) in [6, 6.07) is 8.14. The largest absolute Gasteiger partial charge is 0.350 e. The van der Waals surface area contributed by atoms with Crippen molar-refractivity contribution in [3.05, 3.63) is 29.8 Å². The predicted octanol–water partition coefficient (Wildman–Crippen LogP) is 2.75. The summed E-state index contributed by atoms with van der Waals surface area (Å²) < 4.78 is 0. The van der Waals surface area contributed by atoms with Crippen molar-refractivity contribution in [3.63, 3.8) is 0 Å². The molecule has 0 aliphatic heterocycles. The fraction of sp³-hybridized carbons (Fsp3) is 0.222. The zero-order chi connectivity index (χ0) is 8.27. The van der Waals surface area contributed by atoms with Crippen LogP contribution in [0.5, 0.6) is 0 Å². The van der Waals surface area contributed by atoms with Gasteiger partial charge in [0.1, 0.15) is 0 Å². The minimum absolute atomic E-state index is 0.801. The molecule has 0 heterocycles. The maximum atomic E-state index is 4.91. The summed E-state index contributed by atoms with van der Waals surface area (Å²) in [6.07, 6.45) is 0. The van der Waals surface area contributed by atoms with Crippen LogP contribution in [0.1, 0.15) is 12.5 Å². The molecule has 1 aromatic carbocycles. The molecule has 0 aliphatic carbocycles. The lowest BCUT2D eigenvalue weighted by atomic mass is 10.2. The molecular formula is C9H11NS. The van der Waals surface area contributed by atoms with E-state index in [0.717, 1.165) is 10.7 Å². The average molecular weight is 165 g/mol. The Morgan fingerprint density at radius 2 is 2.18 bits per heavy atom. The first-order chi connectivity index (χ1) is 5.18.